The minimum absolute atomic E-state index is 0.0975. The lowest BCUT2D eigenvalue weighted by molar-refractivity contribution is 0.308. The molecule has 0 bridgehead atoms. The predicted molar refractivity (Wildman–Crippen MR) is 77.1 cm³/mol. The smallest absolute Gasteiger partial charge is 0.426 e. The Balaban J connectivity index is 1.96. The van der Waals surface area contributed by atoms with Crippen LogP contribution in [-0.2, 0) is 0 Å². The molecule has 0 aromatic carbocycles. The van der Waals surface area contributed by atoms with Crippen LogP contribution in [0.25, 0.3) is 0 Å². The van der Waals surface area contributed by atoms with Gasteiger partial charge < -0.3 is 20.7 Å². The first-order valence-corrected chi connectivity index (χ1v) is 7.44. The first kappa shape index (κ1) is 14.2. The second-order valence-corrected chi connectivity index (χ2v) is 6.00. The Kier molecular flexibility index (Phi) is 5.01. The molecule has 2 aliphatic rings. The van der Waals surface area contributed by atoms with Crippen molar-refractivity contribution >= 4 is 24.3 Å². The van der Waals surface area contributed by atoms with E-state index in [1.165, 1.54) is 19.3 Å². The summed E-state index contributed by atoms with van der Waals surface area (Å²) in [4.78, 5) is 2.68. The highest BCUT2D eigenvalue weighted by Crippen LogP contribution is 2.28. The molecule has 2 rings (SSSR count). The monoisotopic (exact) mass is 270 g/mol. The van der Waals surface area contributed by atoms with Gasteiger partial charge in [0.15, 0.2) is 0 Å². The molecule has 0 aromatic heterocycles. The van der Waals surface area contributed by atoms with Crippen molar-refractivity contribution in [3.05, 3.63) is 0 Å². The third-order valence-corrected chi connectivity index (χ3v) is 4.88. The second-order valence-electron chi connectivity index (χ2n) is 5.58. The summed E-state index contributed by atoms with van der Waals surface area (Å²) >= 11 is 5.49. The van der Waals surface area contributed by atoms with E-state index in [1.807, 2.05) is 4.90 Å². The zero-order chi connectivity index (χ0) is 13.1. The van der Waals surface area contributed by atoms with Crippen LogP contribution in [0.1, 0.15) is 44.9 Å². The van der Waals surface area contributed by atoms with Gasteiger partial charge in [-0.05, 0) is 31.6 Å². The van der Waals surface area contributed by atoms with Crippen molar-refractivity contribution in [3.63, 3.8) is 0 Å². The molecule has 0 spiro atoms. The van der Waals surface area contributed by atoms with Crippen molar-refractivity contribution in [1.29, 1.82) is 0 Å². The molecular weight excluding hydrogens is 247 g/mol. The van der Waals surface area contributed by atoms with Crippen molar-refractivity contribution in [2.45, 2.75) is 56.9 Å². The van der Waals surface area contributed by atoms with Crippen LogP contribution in [0, 0.1) is 5.92 Å². The highest BCUT2D eigenvalue weighted by atomic mass is 32.1. The molecule has 1 heterocycles. The van der Waals surface area contributed by atoms with Gasteiger partial charge in [-0.2, -0.15) is 0 Å². The molecule has 0 amide bonds. The van der Waals surface area contributed by atoms with E-state index in [1.54, 1.807) is 0 Å². The van der Waals surface area contributed by atoms with E-state index in [0.717, 1.165) is 37.2 Å². The zero-order valence-corrected chi connectivity index (χ0v) is 11.6. The van der Waals surface area contributed by atoms with Crippen molar-refractivity contribution in [1.82, 2.24) is 4.90 Å². The fourth-order valence-electron chi connectivity index (χ4n) is 3.26. The summed E-state index contributed by atoms with van der Waals surface area (Å²) in [5.41, 5.74) is 6.29. The Morgan fingerprint density at radius 2 is 1.83 bits per heavy atom. The van der Waals surface area contributed by atoms with Gasteiger partial charge in [0.05, 0.1) is 17.0 Å². The third kappa shape index (κ3) is 3.04. The normalized spacial score (nSPS) is 27.3. The molecule has 18 heavy (non-hydrogen) atoms. The van der Waals surface area contributed by atoms with Gasteiger partial charge in [-0.1, -0.05) is 31.5 Å². The third-order valence-electron chi connectivity index (χ3n) is 4.37. The highest BCUT2D eigenvalue weighted by Gasteiger charge is 2.38. The maximum absolute atomic E-state index is 9.38. The van der Waals surface area contributed by atoms with E-state index >= 15 is 0 Å². The molecule has 2 unspecified atom stereocenters. The van der Waals surface area contributed by atoms with Gasteiger partial charge in [0, 0.05) is 6.54 Å². The number of nitrogens with zero attached hydrogens (tertiary/aromatic N) is 1. The number of likely N-dealkylation sites (tertiary alicyclic amines) is 1. The molecule has 0 aromatic rings. The van der Waals surface area contributed by atoms with Crippen LogP contribution in [-0.4, -0.2) is 45.6 Å². The summed E-state index contributed by atoms with van der Waals surface area (Å²) in [6, 6.07) is -0.0975. The van der Waals surface area contributed by atoms with Crippen molar-refractivity contribution in [2.75, 3.05) is 6.54 Å². The second kappa shape index (κ2) is 6.32. The molecule has 0 radical (unpaired) electrons. The molecule has 1 saturated heterocycles. The molecule has 1 aliphatic carbocycles. The first-order valence-electron chi connectivity index (χ1n) is 7.03. The van der Waals surface area contributed by atoms with Crippen LogP contribution in [0.5, 0.6) is 0 Å². The number of nitrogens with two attached hydrogens (primary N) is 1. The number of thiocarbonyl (C=S) groups is 1. The van der Waals surface area contributed by atoms with E-state index in [4.69, 9.17) is 18.0 Å². The fourth-order valence-corrected chi connectivity index (χ4v) is 3.68. The van der Waals surface area contributed by atoms with Gasteiger partial charge in [-0.15, -0.1) is 0 Å². The van der Waals surface area contributed by atoms with Gasteiger partial charge in [0.25, 0.3) is 0 Å². The van der Waals surface area contributed by atoms with Gasteiger partial charge in [-0.25, -0.2) is 0 Å². The standard InChI is InChI=1S/C12H23BN2O2S/c14-11(9-5-2-1-3-6-9)12(18)15-8-4-7-10(15)13(16)17/h9-11,16-17H,1-8,14H2. The van der Waals surface area contributed by atoms with E-state index in [-0.39, 0.29) is 12.0 Å². The number of rotatable bonds is 3. The lowest BCUT2D eigenvalue weighted by Gasteiger charge is -2.34. The summed E-state index contributed by atoms with van der Waals surface area (Å²) in [5.74, 6) is 0.218. The largest absolute Gasteiger partial charge is 0.475 e. The Labute approximate surface area is 115 Å². The molecule has 2 atom stereocenters. The van der Waals surface area contributed by atoms with E-state index < -0.39 is 7.12 Å². The van der Waals surface area contributed by atoms with E-state index in [0.29, 0.717) is 5.92 Å². The average molecular weight is 270 g/mol. The summed E-state index contributed by atoms with van der Waals surface area (Å²) in [5, 5.41) is 18.8. The van der Waals surface area contributed by atoms with Crippen LogP contribution in [0.2, 0.25) is 0 Å². The molecule has 1 saturated carbocycles. The quantitative estimate of drug-likeness (QED) is 0.520. The molecule has 102 valence electrons. The maximum Gasteiger partial charge on any atom is 0.475 e. The molecule has 4 N–H and O–H groups in total. The zero-order valence-electron chi connectivity index (χ0n) is 10.8. The van der Waals surface area contributed by atoms with Crippen molar-refractivity contribution in [3.8, 4) is 0 Å². The SMILES string of the molecule is NC(C(=S)N1CCCC1B(O)O)C1CCCCC1. The van der Waals surface area contributed by atoms with Gasteiger partial charge >= 0.3 is 7.12 Å². The van der Waals surface area contributed by atoms with Crippen LogP contribution >= 0.6 is 12.2 Å². The Morgan fingerprint density at radius 3 is 2.44 bits per heavy atom. The minimum atomic E-state index is -1.32. The van der Waals surface area contributed by atoms with E-state index in [9.17, 15) is 10.0 Å². The van der Waals surface area contributed by atoms with Crippen molar-refractivity contribution in [2.24, 2.45) is 11.7 Å². The minimum Gasteiger partial charge on any atom is -0.426 e. The van der Waals surface area contributed by atoms with Crippen LogP contribution in [0.3, 0.4) is 0 Å². The summed E-state index contributed by atoms with van der Waals surface area (Å²) in [6.07, 6.45) is 7.84. The van der Waals surface area contributed by atoms with Gasteiger partial charge in [0.2, 0.25) is 0 Å². The average Bonchev–Trinajstić information content (AvgIpc) is 2.87. The molecular formula is C12H23BN2O2S. The first-order chi connectivity index (χ1) is 8.61. The topological polar surface area (TPSA) is 69.7 Å². The lowest BCUT2D eigenvalue weighted by atomic mass is 9.77. The molecule has 2 fully saturated rings. The molecule has 4 nitrogen and oxygen atoms in total. The predicted octanol–water partition coefficient (Wildman–Crippen LogP) is 0.698. The maximum atomic E-state index is 9.38. The van der Waals surface area contributed by atoms with Crippen LogP contribution in [0.15, 0.2) is 0 Å². The highest BCUT2D eigenvalue weighted by molar-refractivity contribution is 7.80. The summed E-state index contributed by atoms with van der Waals surface area (Å²) < 4.78 is 0. The summed E-state index contributed by atoms with van der Waals surface area (Å²) in [7, 11) is -1.32. The number of hydrogen-bond donors (Lipinski definition) is 3. The lowest BCUT2D eigenvalue weighted by Crippen LogP contribution is -2.52. The van der Waals surface area contributed by atoms with Crippen molar-refractivity contribution < 1.29 is 10.0 Å². The Morgan fingerprint density at radius 1 is 1.17 bits per heavy atom. The van der Waals surface area contributed by atoms with E-state index in [2.05, 4.69) is 0 Å². The fraction of sp³-hybridized carbons (Fsp3) is 0.917. The Hall–Kier alpha value is -0.165. The Bertz CT molecular complexity index is 298. The van der Waals surface area contributed by atoms with Crippen LogP contribution in [0.4, 0.5) is 0 Å². The molecule has 1 aliphatic heterocycles. The van der Waals surface area contributed by atoms with Gasteiger partial charge in [0.1, 0.15) is 0 Å². The number of hydrogen-bond acceptors (Lipinski definition) is 4. The van der Waals surface area contributed by atoms with Crippen LogP contribution < -0.4 is 5.73 Å². The summed E-state index contributed by atoms with van der Waals surface area (Å²) in [6.45, 7) is 0.807. The molecule has 6 heteroatoms. The van der Waals surface area contributed by atoms with Gasteiger partial charge in [-0.3, -0.25) is 0 Å².